The van der Waals surface area contributed by atoms with Crippen molar-refractivity contribution in [2.75, 3.05) is 20.8 Å². The number of ketones is 1. The first-order valence-electron chi connectivity index (χ1n) is 19.8. The molecule has 7 rings (SSSR count). The van der Waals surface area contributed by atoms with Crippen LogP contribution in [0.2, 0.25) is 0 Å². The molecular formula is C45H51NO14. The highest BCUT2D eigenvalue weighted by Gasteiger charge is 2.76. The van der Waals surface area contributed by atoms with E-state index in [1.165, 1.54) is 58.4 Å². The maximum absolute atomic E-state index is 14.8. The molecule has 3 fully saturated rings. The van der Waals surface area contributed by atoms with Crippen LogP contribution in [0.15, 0.2) is 90.0 Å². The fraction of sp³-hybridized carbons (Fsp3) is 0.467. The van der Waals surface area contributed by atoms with Crippen LogP contribution in [-0.2, 0) is 23.8 Å². The molecule has 6 N–H and O–H groups in total. The largest absolute Gasteiger partial charge is 0.493 e. The summed E-state index contributed by atoms with van der Waals surface area (Å²) in [6.07, 6.45) is -10.6. The molecule has 1 heterocycles. The van der Waals surface area contributed by atoms with E-state index in [4.69, 9.17) is 23.7 Å². The number of nitrogens with one attached hydrogen (secondary N) is 1. The molecular weight excluding hydrogens is 778 g/mol. The summed E-state index contributed by atoms with van der Waals surface area (Å²) in [4.78, 5) is 56.6. The highest BCUT2D eigenvalue weighted by atomic mass is 16.6. The Morgan fingerprint density at radius 2 is 1.48 bits per heavy atom. The van der Waals surface area contributed by atoms with Crippen molar-refractivity contribution in [2.45, 2.75) is 94.4 Å². The van der Waals surface area contributed by atoms with Crippen LogP contribution in [0.1, 0.15) is 72.9 Å². The molecule has 2 bridgehead atoms. The van der Waals surface area contributed by atoms with Crippen molar-refractivity contribution in [3.63, 3.8) is 0 Å². The Bertz CT molecular complexity index is 2190. The van der Waals surface area contributed by atoms with Crippen molar-refractivity contribution in [1.82, 2.24) is 5.32 Å². The van der Waals surface area contributed by atoms with E-state index in [9.17, 15) is 44.7 Å². The van der Waals surface area contributed by atoms with Gasteiger partial charge in [0.05, 0.1) is 50.1 Å². The van der Waals surface area contributed by atoms with E-state index in [0.717, 1.165) is 0 Å². The summed E-state index contributed by atoms with van der Waals surface area (Å²) < 4.78 is 28.7. The number of amides is 1. The van der Waals surface area contributed by atoms with Gasteiger partial charge < -0.3 is 54.5 Å². The second-order valence-corrected chi connectivity index (χ2v) is 16.9. The summed E-state index contributed by atoms with van der Waals surface area (Å²) in [6, 6.07) is 19.1. The van der Waals surface area contributed by atoms with Gasteiger partial charge in [-0.15, -0.1) is 0 Å². The minimum absolute atomic E-state index is 0.0611. The predicted octanol–water partition coefficient (Wildman–Crippen LogP) is 2.61. The molecule has 3 aromatic carbocycles. The molecule has 15 nitrogen and oxygen atoms in total. The van der Waals surface area contributed by atoms with Gasteiger partial charge in [-0.05, 0) is 67.0 Å². The lowest BCUT2D eigenvalue weighted by atomic mass is 9.44. The Hall–Kier alpha value is -5.16. The number of fused-ring (bicyclic) bond motifs is 5. The zero-order chi connectivity index (χ0) is 43.5. The quantitative estimate of drug-likeness (QED) is 0.128. The first kappa shape index (κ1) is 42.9. The Kier molecular flexibility index (Phi) is 11.2. The van der Waals surface area contributed by atoms with E-state index in [1.54, 1.807) is 62.4 Å². The molecule has 60 heavy (non-hydrogen) atoms. The molecule has 0 aromatic heterocycles. The SMILES string of the molecule is COc1ccc(C(NC(=O)c2ccccc2)C(O)C(=O)OC2CC3(O)C(OC(=O)c4ccccc4)C4C5(O)COC5CC(O)[C@@]4(C)C(=O)C(O)C(=C2C)C3(C)C)cc1OC. The summed E-state index contributed by atoms with van der Waals surface area (Å²) in [5.41, 5.74) is -7.22. The minimum Gasteiger partial charge on any atom is -0.493 e. The van der Waals surface area contributed by atoms with Crippen molar-refractivity contribution in [2.24, 2.45) is 16.7 Å². The van der Waals surface area contributed by atoms with Crippen molar-refractivity contribution < 1.29 is 68.4 Å². The minimum atomic E-state index is -2.34. The van der Waals surface area contributed by atoms with Crippen LogP contribution in [-0.4, -0.2) is 118 Å². The number of aliphatic hydroxyl groups excluding tert-OH is 3. The standard InChI is InChI=1S/C45H51NO14/c1-23-29(59-41(53)35(49)33(46-39(51)24-13-9-7-10-14-24)26-17-18-27(56-5)28(19-26)57-6)21-45(55)38(60-40(52)25-15-11-8-12-16-25)36-43(4,30(47)20-31-44(36,54)22-58-31)37(50)34(48)32(23)42(45,2)3/h7-19,29-31,33-36,38,47-49,54-55H,20-22H2,1-6H3,(H,46,51)/t29?,30?,31?,33?,34?,35?,36?,38?,43-,44?,45?/m1/s1. The average molecular weight is 830 g/mol. The third kappa shape index (κ3) is 6.68. The monoisotopic (exact) mass is 829 g/mol. The number of rotatable bonds is 10. The normalized spacial score (nSPS) is 32.7. The van der Waals surface area contributed by atoms with E-state index in [-0.39, 0.29) is 46.6 Å². The first-order valence-corrected chi connectivity index (χ1v) is 19.8. The number of esters is 2. The number of carbonyl (C=O) groups excluding carboxylic acids is 4. The van der Waals surface area contributed by atoms with Gasteiger partial charge in [0.2, 0.25) is 0 Å². The Morgan fingerprint density at radius 3 is 2.07 bits per heavy atom. The topological polar surface area (TPSA) is 228 Å². The number of hydrogen-bond acceptors (Lipinski definition) is 14. The zero-order valence-corrected chi connectivity index (χ0v) is 34.2. The van der Waals surface area contributed by atoms with Gasteiger partial charge in [0.25, 0.3) is 5.91 Å². The van der Waals surface area contributed by atoms with Crippen LogP contribution in [0, 0.1) is 16.7 Å². The maximum atomic E-state index is 14.8. The van der Waals surface area contributed by atoms with Crippen LogP contribution in [0.5, 0.6) is 11.5 Å². The molecule has 0 spiro atoms. The third-order valence-electron chi connectivity index (χ3n) is 13.5. The average Bonchev–Trinajstić information content (AvgIpc) is 3.24. The number of aliphatic hydroxyl groups is 5. The van der Waals surface area contributed by atoms with Gasteiger partial charge in [0.1, 0.15) is 29.5 Å². The molecule has 4 aliphatic rings. The van der Waals surface area contributed by atoms with Crippen molar-refractivity contribution in [3.8, 4) is 11.5 Å². The highest BCUT2D eigenvalue weighted by molar-refractivity contribution is 5.95. The molecule has 1 amide bonds. The third-order valence-corrected chi connectivity index (χ3v) is 13.5. The van der Waals surface area contributed by atoms with Crippen molar-refractivity contribution in [1.29, 1.82) is 0 Å². The van der Waals surface area contributed by atoms with Gasteiger partial charge in [0, 0.05) is 29.7 Å². The van der Waals surface area contributed by atoms with Gasteiger partial charge in [0.15, 0.2) is 23.4 Å². The van der Waals surface area contributed by atoms with Gasteiger partial charge in [-0.2, -0.15) is 0 Å². The van der Waals surface area contributed by atoms with Gasteiger partial charge in [-0.1, -0.05) is 56.3 Å². The van der Waals surface area contributed by atoms with E-state index < -0.39 is 101 Å². The Labute approximate surface area is 346 Å². The van der Waals surface area contributed by atoms with E-state index in [1.807, 2.05) is 0 Å². The Morgan fingerprint density at radius 1 is 0.867 bits per heavy atom. The summed E-state index contributed by atoms with van der Waals surface area (Å²) in [7, 11) is 2.83. The molecule has 15 heteroatoms. The smallest absolute Gasteiger partial charge is 0.338 e. The number of methoxy groups -OCH3 is 2. The van der Waals surface area contributed by atoms with Gasteiger partial charge >= 0.3 is 11.9 Å². The second-order valence-electron chi connectivity index (χ2n) is 16.9. The number of hydrogen-bond donors (Lipinski definition) is 6. The molecule has 3 aliphatic carbocycles. The van der Waals surface area contributed by atoms with Crippen LogP contribution < -0.4 is 14.8 Å². The molecule has 3 aromatic rings. The van der Waals surface area contributed by atoms with E-state index >= 15 is 0 Å². The Balaban J connectivity index is 1.32. The molecule has 11 atom stereocenters. The van der Waals surface area contributed by atoms with Crippen LogP contribution >= 0.6 is 0 Å². The zero-order valence-electron chi connectivity index (χ0n) is 34.2. The number of Topliss-reactive ketones (excluding diaryl/α,β-unsaturated/α-hetero) is 1. The molecule has 2 saturated carbocycles. The van der Waals surface area contributed by atoms with E-state index in [2.05, 4.69) is 5.32 Å². The second kappa shape index (κ2) is 15.7. The fourth-order valence-electron chi connectivity index (χ4n) is 9.93. The van der Waals surface area contributed by atoms with Crippen LogP contribution in [0.4, 0.5) is 0 Å². The van der Waals surface area contributed by atoms with Gasteiger partial charge in [-0.3, -0.25) is 9.59 Å². The highest BCUT2D eigenvalue weighted by Crippen LogP contribution is 2.63. The summed E-state index contributed by atoms with van der Waals surface area (Å²) in [5.74, 6) is -4.67. The van der Waals surface area contributed by atoms with Crippen molar-refractivity contribution >= 4 is 23.6 Å². The molecule has 1 aliphatic heterocycles. The number of carbonyl (C=O) groups is 4. The number of ether oxygens (including phenoxy) is 5. The first-order chi connectivity index (χ1) is 28.3. The molecule has 1 saturated heterocycles. The fourth-order valence-corrected chi connectivity index (χ4v) is 9.93. The summed E-state index contributed by atoms with van der Waals surface area (Å²) >= 11 is 0. The van der Waals surface area contributed by atoms with Gasteiger partial charge in [-0.25, -0.2) is 9.59 Å². The lowest BCUT2D eigenvalue weighted by Gasteiger charge is -2.66. The lowest BCUT2D eigenvalue weighted by molar-refractivity contribution is -0.343. The predicted molar refractivity (Wildman–Crippen MR) is 212 cm³/mol. The molecule has 10 unspecified atom stereocenters. The van der Waals surface area contributed by atoms with E-state index in [0.29, 0.717) is 5.75 Å². The van der Waals surface area contributed by atoms with Crippen LogP contribution in [0.3, 0.4) is 0 Å². The maximum Gasteiger partial charge on any atom is 0.338 e. The molecule has 0 radical (unpaired) electrons. The lowest BCUT2D eigenvalue weighted by Crippen LogP contribution is -2.81. The van der Waals surface area contributed by atoms with Crippen LogP contribution in [0.25, 0.3) is 0 Å². The molecule has 320 valence electrons. The summed E-state index contributed by atoms with van der Waals surface area (Å²) in [6.45, 7) is 5.65. The number of benzene rings is 3. The van der Waals surface area contributed by atoms with Crippen molar-refractivity contribution in [3.05, 3.63) is 107 Å². The summed E-state index contributed by atoms with van der Waals surface area (Å²) in [5, 5.41) is 64.0.